The molecule has 2 aromatic rings. The lowest BCUT2D eigenvalue weighted by atomic mass is 10.2. The number of amides is 1. The molecule has 9 nitrogen and oxygen atoms in total. The highest BCUT2D eigenvalue weighted by Gasteiger charge is 2.26. The van der Waals surface area contributed by atoms with Crippen molar-refractivity contribution >= 4 is 35.3 Å². The molecule has 0 saturated heterocycles. The Morgan fingerprint density at radius 3 is 2.64 bits per heavy atom. The molecule has 0 saturated carbocycles. The van der Waals surface area contributed by atoms with Gasteiger partial charge in [-0.15, -0.1) is 10.2 Å². The number of hydrogen-bond donors (Lipinski definition) is 2. The Morgan fingerprint density at radius 2 is 1.96 bits per heavy atom. The summed E-state index contributed by atoms with van der Waals surface area (Å²) in [6.07, 6.45) is 0.456. The Balaban J connectivity index is 2.20. The summed E-state index contributed by atoms with van der Waals surface area (Å²) < 4.78 is 12.0. The molecule has 3 N–H and O–H groups in total. The van der Waals surface area contributed by atoms with Gasteiger partial charge in [0.2, 0.25) is 11.9 Å². The number of thioether (sulfide) groups is 1. The number of nitrogens with two attached hydrogens (primary N) is 1. The average Bonchev–Trinajstić information content (AvgIpc) is 3.03. The maximum atomic E-state index is 12.9. The number of rotatable bonds is 10. The van der Waals surface area contributed by atoms with Crippen LogP contribution in [0.1, 0.15) is 33.2 Å². The third kappa shape index (κ3) is 5.38. The van der Waals surface area contributed by atoms with Gasteiger partial charge in [0, 0.05) is 0 Å². The van der Waals surface area contributed by atoms with Crippen LogP contribution in [-0.2, 0) is 14.3 Å². The van der Waals surface area contributed by atoms with Gasteiger partial charge in [-0.3, -0.25) is 14.2 Å². The van der Waals surface area contributed by atoms with Crippen LogP contribution in [-0.4, -0.2) is 45.6 Å². The van der Waals surface area contributed by atoms with Crippen molar-refractivity contribution in [2.75, 3.05) is 30.0 Å². The molecule has 0 aliphatic carbocycles. The van der Waals surface area contributed by atoms with E-state index in [-0.39, 0.29) is 23.6 Å². The molecule has 1 amide bonds. The SMILES string of the molecule is CCOC(=O)CSc1nnc(N)n1C(CC)C(=O)Nc1ccccc1OCC. The Bertz CT molecular complexity index is 811. The molecular weight excluding hydrogens is 382 g/mol. The predicted molar refractivity (Wildman–Crippen MR) is 107 cm³/mol. The number of hydrogen-bond acceptors (Lipinski definition) is 8. The van der Waals surface area contributed by atoms with Gasteiger partial charge in [-0.05, 0) is 32.4 Å². The first-order valence-electron chi connectivity index (χ1n) is 9.03. The van der Waals surface area contributed by atoms with Crippen molar-refractivity contribution in [3.63, 3.8) is 0 Å². The van der Waals surface area contributed by atoms with Crippen molar-refractivity contribution in [2.45, 2.75) is 38.4 Å². The molecule has 1 unspecified atom stereocenters. The second kappa shape index (κ2) is 10.5. The quantitative estimate of drug-likeness (QED) is 0.455. The molecule has 0 radical (unpaired) electrons. The van der Waals surface area contributed by atoms with E-state index in [1.807, 2.05) is 26.0 Å². The minimum Gasteiger partial charge on any atom is -0.492 e. The number of anilines is 2. The predicted octanol–water partition coefficient (Wildman–Crippen LogP) is 2.50. The first kappa shape index (κ1) is 21.5. The van der Waals surface area contributed by atoms with Crippen LogP contribution in [0.2, 0.25) is 0 Å². The standard InChI is InChI=1S/C18H25N5O4S/c1-4-13(16(25)20-12-9-7-8-10-14(12)26-5-2)23-17(19)21-22-18(23)28-11-15(24)27-6-3/h7-10,13H,4-6,11H2,1-3H3,(H2,19,21)(H,20,25). The summed E-state index contributed by atoms with van der Waals surface area (Å²) >= 11 is 1.12. The number of nitrogen functional groups attached to an aromatic ring is 1. The fourth-order valence-corrected chi connectivity index (χ4v) is 3.35. The summed E-state index contributed by atoms with van der Waals surface area (Å²) in [6, 6.07) is 6.55. The van der Waals surface area contributed by atoms with E-state index in [9.17, 15) is 9.59 Å². The van der Waals surface area contributed by atoms with Gasteiger partial charge in [-0.2, -0.15) is 0 Å². The number of para-hydroxylation sites is 2. The number of nitrogens with one attached hydrogen (secondary N) is 1. The van der Waals surface area contributed by atoms with Crippen molar-refractivity contribution in [3.05, 3.63) is 24.3 Å². The lowest BCUT2D eigenvalue weighted by Gasteiger charge is -2.20. The minimum absolute atomic E-state index is 0.0528. The van der Waals surface area contributed by atoms with Crippen LogP contribution >= 0.6 is 11.8 Å². The fourth-order valence-electron chi connectivity index (χ4n) is 2.56. The lowest BCUT2D eigenvalue weighted by Crippen LogP contribution is -2.27. The molecule has 10 heteroatoms. The smallest absolute Gasteiger partial charge is 0.316 e. The third-order valence-corrected chi connectivity index (χ3v) is 4.68. The molecule has 152 valence electrons. The molecule has 1 heterocycles. The normalized spacial score (nSPS) is 11.7. The van der Waals surface area contributed by atoms with E-state index in [2.05, 4.69) is 15.5 Å². The molecule has 0 aliphatic rings. The summed E-state index contributed by atoms with van der Waals surface area (Å²) in [5, 5.41) is 11.1. The van der Waals surface area contributed by atoms with Crippen LogP contribution in [0, 0.1) is 0 Å². The van der Waals surface area contributed by atoms with Gasteiger partial charge >= 0.3 is 5.97 Å². The number of esters is 1. The largest absolute Gasteiger partial charge is 0.492 e. The second-order valence-electron chi connectivity index (χ2n) is 5.65. The second-order valence-corrected chi connectivity index (χ2v) is 6.59. The van der Waals surface area contributed by atoms with Crippen molar-refractivity contribution in [2.24, 2.45) is 0 Å². The topological polar surface area (TPSA) is 121 Å². The van der Waals surface area contributed by atoms with E-state index >= 15 is 0 Å². The summed E-state index contributed by atoms with van der Waals surface area (Å²) in [4.78, 5) is 24.6. The van der Waals surface area contributed by atoms with Crippen LogP contribution in [0.5, 0.6) is 5.75 Å². The van der Waals surface area contributed by atoms with Crippen LogP contribution < -0.4 is 15.8 Å². The number of carbonyl (C=O) groups is 2. The van der Waals surface area contributed by atoms with Crippen LogP contribution in [0.15, 0.2) is 29.4 Å². The fraction of sp³-hybridized carbons (Fsp3) is 0.444. The van der Waals surface area contributed by atoms with Crippen LogP contribution in [0.25, 0.3) is 0 Å². The molecule has 0 bridgehead atoms. The zero-order chi connectivity index (χ0) is 20.5. The molecule has 0 aliphatic heterocycles. The number of aromatic nitrogens is 3. The third-order valence-electron chi connectivity index (χ3n) is 3.76. The van der Waals surface area contributed by atoms with Crippen LogP contribution in [0.4, 0.5) is 11.6 Å². The van der Waals surface area contributed by atoms with Gasteiger partial charge in [-0.1, -0.05) is 30.8 Å². The zero-order valence-corrected chi connectivity index (χ0v) is 17.0. The molecule has 0 fully saturated rings. The Hall–Kier alpha value is -2.75. The monoisotopic (exact) mass is 407 g/mol. The molecule has 28 heavy (non-hydrogen) atoms. The number of nitrogens with zero attached hydrogens (tertiary/aromatic N) is 3. The van der Waals surface area contributed by atoms with Gasteiger partial charge in [0.1, 0.15) is 11.8 Å². The Morgan fingerprint density at radius 1 is 1.21 bits per heavy atom. The molecule has 2 rings (SSSR count). The van der Waals surface area contributed by atoms with Gasteiger partial charge in [-0.25, -0.2) is 0 Å². The highest BCUT2D eigenvalue weighted by molar-refractivity contribution is 7.99. The van der Waals surface area contributed by atoms with Crippen molar-refractivity contribution < 1.29 is 19.1 Å². The first-order chi connectivity index (χ1) is 13.5. The number of carbonyl (C=O) groups excluding carboxylic acids is 2. The first-order valence-corrected chi connectivity index (χ1v) is 10.0. The lowest BCUT2D eigenvalue weighted by molar-refractivity contribution is -0.139. The summed E-state index contributed by atoms with van der Waals surface area (Å²) in [5.74, 6) is 0.0909. The highest BCUT2D eigenvalue weighted by atomic mass is 32.2. The average molecular weight is 407 g/mol. The maximum absolute atomic E-state index is 12.9. The van der Waals surface area contributed by atoms with Gasteiger partial charge in [0.25, 0.3) is 0 Å². The van der Waals surface area contributed by atoms with Crippen molar-refractivity contribution in [1.82, 2.24) is 14.8 Å². The van der Waals surface area contributed by atoms with E-state index in [1.165, 1.54) is 4.57 Å². The summed E-state index contributed by atoms with van der Waals surface area (Å²) in [7, 11) is 0. The minimum atomic E-state index is -0.644. The van der Waals surface area contributed by atoms with Gasteiger partial charge < -0.3 is 20.5 Å². The van der Waals surface area contributed by atoms with E-state index in [4.69, 9.17) is 15.2 Å². The summed E-state index contributed by atoms with van der Waals surface area (Å²) in [5.41, 5.74) is 6.52. The van der Waals surface area contributed by atoms with Gasteiger partial charge in [0.05, 0.1) is 24.7 Å². The van der Waals surface area contributed by atoms with Crippen LogP contribution in [0.3, 0.4) is 0 Å². The molecular formula is C18H25N5O4S. The molecule has 1 aromatic carbocycles. The highest BCUT2D eigenvalue weighted by Crippen LogP contribution is 2.28. The molecule has 1 aromatic heterocycles. The van der Waals surface area contributed by atoms with Gasteiger partial charge in [0.15, 0.2) is 5.16 Å². The van der Waals surface area contributed by atoms with Crippen molar-refractivity contribution in [1.29, 1.82) is 0 Å². The summed E-state index contributed by atoms with van der Waals surface area (Å²) in [6.45, 7) is 6.25. The Kier molecular flexibility index (Phi) is 8.12. The van der Waals surface area contributed by atoms with Crippen molar-refractivity contribution in [3.8, 4) is 5.75 Å². The molecule has 0 spiro atoms. The molecule has 1 atom stereocenters. The maximum Gasteiger partial charge on any atom is 0.316 e. The van der Waals surface area contributed by atoms with E-state index < -0.39 is 6.04 Å². The number of benzene rings is 1. The number of ether oxygens (including phenoxy) is 2. The Labute approximate surface area is 168 Å². The zero-order valence-electron chi connectivity index (χ0n) is 16.2. The van der Waals surface area contributed by atoms with E-state index in [0.717, 1.165) is 11.8 Å². The van der Waals surface area contributed by atoms with E-state index in [0.29, 0.717) is 36.2 Å². The van der Waals surface area contributed by atoms with E-state index in [1.54, 1.807) is 19.1 Å².